The number of aromatic nitrogens is 1. The van der Waals surface area contributed by atoms with Gasteiger partial charge in [-0.1, -0.05) is 0 Å². The molecule has 0 aliphatic heterocycles. The SMILES string of the molecule is NC(c1nc2ccc(F)cc2s1)C1CC1. The summed E-state index contributed by atoms with van der Waals surface area (Å²) in [4.78, 5) is 4.44. The minimum absolute atomic E-state index is 0.0467. The lowest BCUT2D eigenvalue weighted by molar-refractivity contribution is 0.629. The average Bonchev–Trinajstić information content (AvgIpc) is 2.97. The molecule has 1 fully saturated rings. The van der Waals surface area contributed by atoms with Gasteiger partial charge in [-0.25, -0.2) is 9.37 Å². The van der Waals surface area contributed by atoms with Gasteiger partial charge in [0.1, 0.15) is 10.8 Å². The van der Waals surface area contributed by atoms with Crippen molar-refractivity contribution in [3.8, 4) is 0 Å². The normalized spacial score (nSPS) is 18.3. The molecule has 4 heteroatoms. The Morgan fingerprint density at radius 3 is 3.00 bits per heavy atom. The predicted molar refractivity (Wildman–Crippen MR) is 59.2 cm³/mol. The molecule has 2 N–H and O–H groups in total. The highest BCUT2D eigenvalue weighted by molar-refractivity contribution is 7.18. The Morgan fingerprint density at radius 1 is 1.47 bits per heavy atom. The first-order valence-electron chi connectivity index (χ1n) is 5.05. The van der Waals surface area contributed by atoms with Crippen molar-refractivity contribution in [2.45, 2.75) is 18.9 Å². The number of thiazole rings is 1. The smallest absolute Gasteiger partial charge is 0.124 e. The van der Waals surface area contributed by atoms with E-state index in [0.717, 1.165) is 15.2 Å². The van der Waals surface area contributed by atoms with Crippen molar-refractivity contribution >= 4 is 21.6 Å². The molecule has 3 rings (SSSR count). The van der Waals surface area contributed by atoms with Gasteiger partial charge in [0.25, 0.3) is 0 Å². The van der Waals surface area contributed by atoms with Crippen LogP contribution in [0, 0.1) is 11.7 Å². The summed E-state index contributed by atoms with van der Waals surface area (Å²) in [6, 6.07) is 4.72. The number of hydrogen-bond acceptors (Lipinski definition) is 3. The number of nitrogens with zero attached hydrogens (tertiary/aromatic N) is 1. The van der Waals surface area contributed by atoms with Crippen molar-refractivity contribution < 1.29 is 4.39 Å². The van der Waals surface area contributed by atoms with Crippen LogP contribution in [-0.4, -0.2) is 4.98 Å². The first-order chi connectivity index (χ1) is 7.24. The fraction of sp³-hybridized carbons (Fsp3) is 0.364. The maximum atomic E-state index is 13.0. The van der Waals surface area contributed by atoms with Crippen LogP contribution in [0.1, 0.15) is 23.9 Å². The third-order valence-electron chi connectivity index (χ3n) is 2.78. The molecule has 78 valence electrons. The van der Waals surface area contributed by atoms with E-state index in [1.165, 1.54) is 36.3 Å². The first kappa shape index (κ1) is 9.24. The Hall–Kier alpha value is -1.000. The second-order valence-electron chi connectivity index (χ2n) is 4.03. The molecule has 1 aromatic heterocycles. The van der Waals surface area contributed by atoms with Crippen LogP contribution in [0.15, 0.2) is 18.2 Å². The summed E-state index contributed by atoms with van der Waals surface area (Å²) in [6.45, 7) is 0. The molecular formula is C11H11FN2S. The van der Waals surface area contributed by atoms with E-state index in [4.69, 9.17) is 5.73 Å². The molecule has 1 heterocycles. The van der Waals surface area contributed by atoms with Crippen LogP contribution >= 0.6 is 11.3 Å². The fourth-order valence-electron chi connectivity index (χ4n) is 1.72. The van der Waals surface area contributed by atoms with Crippen molar-refractivity contribution in [3.05, 3.63) is 29.0 Å². The molecule has 2 nitrogen and oxygen atoms in total. The van der Waals surface area contributed by atoms with Crippen LogP contribution in [0.3, 0.4) is 0 Å². The van der Waals surface area contributed by atoms with Crippen LogP contribution in [-0.2, 0) is 0 Å². The van der Waals surface area contributed by atoms with Gasteiger partial charge in [-0.15, -0.1) is 11.3 Å². The van der Waals surface area contributed by atoms with E-state index >= 15 is 0 Å². The van der Waals surface area contributed by atoms with Gasteiger partial charge in [-0.2, -0.15) is 0 Å². The highest BCUT2D eigenvalue weighted by Crippen LogP contribution is 2.41. The van der Waals surface area contributed by atoms with Gasteiger partial charge in [0.2, 0.25) is 0 Å². The van der Waals surface area contributed by atoms with E-state index in [-0.39, 0.29) is 11.9 Å². The summed E-state index contributed by atoms with van der Waals surface area (Å²) in [5.41, 5.74) is 6.91. The maximum Gasteiger partial charge on any atom is 0.124 e. The van der Waals surface area contributed by atoms with Crippen LogP contribution in [0.25, 0.3) is 10.2 Å². The Bertz CT molecular complexity index is 504. The second kappa shape index (κ2) is 3.25. The monoisotopic (exact) mass is 222 g/mol. The topological polar surface area (TPSA) is 38.9 Å². The third kappa shape index (κ3) is 1.64. The summed E-state index contributed by atoms with van der Waals surface area (Å²) >= 11 is 1.51. The average molecular weight is 222 g/mol. The molecule has 2 aromatic rings. The zero-order valence-corrected chi connectivity index (χ0v) is 8.93. The van der Waals surface area contributed by atoms with E-state index in [9.17, 15) is 4.39 Å². The lowest BCUT2D eigenvalue weighted by Gasteiger charge is -2.03. The number of benzene rings is 1. The molecule has 1 aromatic carbocycles. The molecule has 0 amide bonds. The van der Waals surface area contributed by atoms with Crippen molar-refractivity contribution in [3.63, 3.8) is 0 Å². The lowest BCUT2D eigenvalue weighted by atomic mass is 10.2. The van der Waals surface area contributed by atoms with Gasteiger partial charge >= 0.3 is 0 Å². The zero-order chi connectivity index (χ0) is 10.4. The Kier molecular flexibility index (Phi) is 2.00. The number of hydrogen-bond donors (Lipinski definition) is 1. The molecular weight excluding hydrogens is 211 g/mol. The first-order valence-corrected chi connectivity index (χ1v) is 5.87. The van der Waals surface area contributed by atoms with Crippen molar-refractivity contribution in [1.29, 1.82) is 0 Å². The number of rotatable bonds is 2. The maximum absolute atomic E-state index is 13.0. The van der Waals surface area contributed by atoms with Crippen LogP contribution in [0.2, 0.25) is 0 Å². The molecule has 0 radical (unpaired) electrons. The van der Waals surface area contributed by atoms with E-state index < -0.39 is 0 Å². The third-order valence-corrected chi connectivity index (χ3v) is 3.90. The zero-order valence-electron chi connectivity index (χ0n) is 8.11. The van der Waals surface area contributed by atoms with E-state index in [2.05, 4.69) is 4.98 Å². The van der Waals surface area contributed by atoms with E-state index in [1.807, 2.05) is 0 Å². The molecule has 1 unspecified atom stereocenters. The number of nitrogens with two attached hydrogens (primary N) is 1. The van der Waals surface area contributed by atoms with Crippen molar-refractivity contribution in [1.82, 2.24) is 4.98 Å². The van der Waals surface area contributed by atoms with E-state index in [1.54, 1.807) is 6.07 Å². The molecule has 1 atom stereocenters. The Labute approximate surface area is 90.9 Å². The van der Waals surface area contributed by atoms with Crippen LogP contribution in [0.5, 0.6) is 0 Å². The standard InChI is InChI=1S/C11H11FN2S/c12-7-3-4-8-9(5-7)15-11(14-8)10(13)6-1-2-6/h3-6,10H,1-2,13H2. The van der Waals surface area contributed by atoms with Gasteiger partial charge in [-0.3, -0.25) is 0 Å². The van der Waals surface area contributed by atoms with Gasteiger partial charge in [0.05, 0.1) is 16.3 Å². The van der Waals surface area contributed by atoms with Crippen molar-refractivity contribution in [2.75, 3.05) is 0 Å². The second-order valence-corrected chi connectivity index (χ2v) is 5.09. The fourth-order valence-corrected chi connectivity index (χ4v) is 2.80. The van der Waals surface area contributed by atoms with E-state index in [0.29, 0.717) is 5.92 Å². The summed E-state index contributed by atoms with van der Waals surface area (Å²) in [5.74, 6) is 0.383. The number of halogens is 1. The molecule has 1 aliphatic carbocycles. The summed E-state index contributed by atoms with van der Waals surface area (Å²) in [7, 11) is 0. The van der Waals surface area contributed by atoms with Crippen molar-refractivity contribution in [2.24, 2.45) is 11.7 Å². The molecule has 15 heavy (non-hydrogen) atoms. The van der Waals surface area contributed by atoms with Crippen LogP contribution in [0.4, 0.5) is 4.39 Å². The number of fused-ring (bicyclic) bond motifs is 1. The summed E-state index contributed by atoms with van der Waals surface area (Å²) in [5, 5.41) is 0.943. The molecule has 1 aliphatic rings. The molecule has 1 saturated carbocycles. The lowest BCUT2D eigenvalue weighted by Crippen LogP contribution is -2.11. The van der Waals surface area contributed by atoms with Crippen LogP contribution < -0.4 is 5.73 Å². The Balaban J connectivity index is 2.05. The van der Waals surface area contributed by atoms with Gasteiger partial charge in [-0.05, 0) is 37.0 Å². The van der Waals surface area contributed by atoms with Gasteiger partial charge in [0.15, 0.2) is 0 Å². The van der Waals surface area contributed by atoms with Gasteiger partial charge < -0.3 is 5.73 Å². The molecule has 0 saturated heterocycles. The Morgan fingerprint density at radius 2 is 2.27 bits per heavy atom. The largest absolute Gasteiger partial charge is 0.322 e. The van der Waals surface area contributed by atoms with Gasteiger partial charge in [0, 0.05) is 0 Å². The predicted octanol–water partition coefficient (Wildman–Crippen LogP) is 2.85. The summed E-state index contributed by atoms with van der Waals surface area (Å²) in [6.07, 6.45) is 2.40. The quantitative estimate of drug-likeness (QED) is 0.848. The molecule has 0 bridgehead atoms. The highest BCUT2D eigenvalue weighted by Gasteiger charge is 2.31. The highest BCUT2D eigenvalue weighted by atomic mass is 32.1. The minimum atomic E-state index is -0.210. The summed E-state index contributed by atoms with van der Waals surface area (Å²) < 4.78 is 13.9. The minimum Gasteiger partial charge on any atom is -0.322 e. The molecule has 0 spiro atoms.